The summed E-state index contributed by atoms with van der Waals surface area (Å²) in [7, 11) is 0. The minimum atomic E-state index is 0.156. The highest BCUT2D eigenvalue weighted by Gasteiger charge is 2.57. The van der Waals surface area contributed by atoms with E-state index in [0.29, 0.717) is 11.5 Å². The number of hydrogen-bond acceptors (Lipinski definition) is 1. The van der Waals surface area contributed by atoms with Gasteiger partial charge in [0.05, 0.1) is 6.07 Å². The van der Waals surface area contributed by atoms with Crippen molar-refractivity contribution in [3.05, 3.63) is 23.3 Å². The van der Waals surface area contributed by atoms with Crippen molar-refractivity contribution in [3.63, 3.8) is 0 Å². The van der Waals surface area contributed by atoms with Crippen LogP contribution in [0.2, 0.25) is 0 Å². The molecule has 2 unspecified atom stereocenters. The van der Waals surface area contributed by atoms with Crippen molar-refractivity contribution in [3.8, 4) is 6.07 Å². The lowest BCUT2D eigenvalue weighted by Crippen LogP contribution is -1.90. The van der Waals surface area contributed by atoms with Crippen LogP contribution in [0.5, 0.6) is 0 Å². The van der Waals surface area contributed by atoms with Crippen LogP contribution in [0, 0.1) is 28.6 Å². The van der Waals surface area contributed by atoms with Crippen molar-refractivity contribution < 1.29 is 0 Å². The second kappa shape index (κ2) is 3.20. The fraction of sp³-hybridized carbons (Fsp3) is 0.545. The Labute approximate surface area is 84.7 Å². The van der Waals surface area contributed by atoms with Crippen LogP contribution in [0.1, 0.15) is 20.8 Å². The molecule has 1 aliphatic carbocycles. The van der Waals surface area contributed by atoms with E-state index < -0.39 is 0 Å². The molecule has 1 nitrogen and oxygen atoms in total. The van der Waals surface area contributed by atoms with Crippen LogP contribution < -0.4 is 0 Å². The number of rotatable bonds is 2. The molecule has 1 aliphatic rings. The van der Waals surface area contributed by atoms with E-state index >= 15 is 0 Å². The summed E-state index contributed by atoms with van der Waals surface area (Å²) in [6.45, 7) is 9.90. The summed E-state index contributed by atoms with van der Waals surface area (Å²) in [5, 5.41) is 9.52. The maximum atomic E-state index is 8.73. The molecule has 1 saturated carbocycles. The highest BCUT2D eigenvalue weighted by molar-refractivity contribution is 6.29. The van der Waals surface area contributed by atoms with Gasteiger partial charge >= 0.3 is 0 Å². The van der Waals surface area contributed by atoms with Gasteiger partial charge in [-0.05, 0) is 18.3 Å². The zero-order valence-corrected chi connectivity index (χ0v) is 9.02. The molecule has 1 rings (SSSR count). The molecule has 0 radical (unpaired) electrons. The molecule has 13 heavy (non-hydrogen) atoms. The van der Waals surface area contributed by atoms with Crippen LogP contribution in [0.15, 0.2) is 23.3 Å². The third kappa shape index (κ3) is 1.78. The molecule has 0 bridgehead atoms. The van der Waals surface area contributed by atoms with Gasteiger partial charge in [0.1, 0.15) is 0 Å². The number of hydrogen-bond donors (Lipinski definition) is 0. The molecule has 0 N–H and O–H groups in total. The predicted octanol–water partition coefficient (Wildman–Crippen LogP) is 3.48. The Morgan fingerprint density at radius 2 is 2.15 bits per heavy atom. The maximum Gasteiger partial charge on any atom is 0.0944 e. The number of nitrogens with zero attached hydrogens (tertiary/aromatic N) is 1. The van der Waals surface area contributed by atoms with E-state index in [1.807, 2.05) is 13.0 Å². The first-order valence-electron chi connectivity index (χ1n) is 4.34. The zero-order valence-electron chi connectivity index (χ0n) is 8.26. The molecule has 70 valence electrons. The van der Waals surface area contributed by atoms with Gasteiger partial charge in [0.15, 0.2) is 0 Å². The van der Waals surface area contributed by atoms with Gasteiger partial charge < -0.3 is 0 Å². The van der Waals surface area contributed by atoms with Crippen LogP contribution in [-0.2, 0) is 0 Å². The molecule has 0 saturated heterocycles. The van der Waals surface area contributed by atoms with E-state index in [1.165, 1.54) is 0 Å². The molecule has 0 aliphatic heterocycles. The Hall–Kier alpha value is -0.740. The molecular formula is C11H14ClN. The molecular weight excluding hydrogens is 182 g/mol. The molecule has 0 aromatic carbocycles. The van der Waals surface area contributed by atoms with Crippen molar-refractivity contribution in [2.24, 2.45) is 17.3 Å². The molecule has 0 aromatic heterocycles. The summed E-state index contributed by atoms with van der Waals surface area (Å²) in [6.07, 6.45) is 2.02. The summed E-state index contributed by atoms with van der Waals surface area (Å²) in [4.78, 5) is 0. The standard InChI is InChI=1S/C11H14ClN/c1-7(6-13)10-9(5-8(2)12)11(10,3)4/h5,9-10H,1H2,2-4H3/b8-5+. The average Bonchev–Trinajstić information content (AvgIpc) is 2.51. The van der Waals surface area contributed by atoms with Gasteiger partial charge in [0.25, 0.3) is 0 Å². The summed E-state index contributed by atoms with van der Waals surface area (Å²) in [5.74, 6) is 0.670. The van der Waals surface area contributed by atoms with Crippen molar-refractivity contribution >= 4 is 11.6 Å². The lowest BCUT2D eigenvalue weighted by Gasteiger charge is -1.98. The largest absolute Gasteiger partial charge is 0.193 e. The number of nitriles is 1. The Morgan fingerprint density at radius 3 is 2.54 bits per heavy atom. The fourth-order valence-corrected chi connectivity index (χ4v) is 2.11. The van der Waals surface area contributed by atoms with E-state index in [-0.39, 0.29) is 11.3 Å². The third-order valence-electron chi connectivity index (χ3n) is 2.84. The first kappa shape index (κ1) is 10.3. The average molecular weight is 196 g/mol. The van der Waals surface area contributed by atoms with Gasteiger partial charge in [-0.3, -0.25) is 0 Å². The van der Waals surface area contributed by atoms with Crippen LogP contribution in [0.25, 0.3) is 0 Å². The number of allylic oxidation sites excluding steroid dienone is 3. The Balaban J connectivity index is 2.79. The Kier molecular flexibility index (Phi) is 2.54. The number of halogens is 1. The van der Waals surface area contributed by atoms with Crippen LogP contribution >= 0.6 is 11.6 Å². The van der Waals surface area contributed by atoms with E-state index in [9.17, 15) is 0 Å². The van der Waals surface area contributed by atoms with Crippen molar-refractivity contribution in [2.75, 3.05) is 0 Å². The highest BCUT2D eigenvalue weighted by Crippen LogP contribution is 2.62. The molecule has 0 spiro atoms. The SMILES string of the molecule is C=C(C#N)C1C(/C=C(\C)Cl)C1(C)C. The summed E-state index contributed by atoms with van der Waals surface area (Å²) in [5.41, 5.74) is 0.826. The van der Waals surface area contributed by atoms with Crippen molar-refractivity contribution in [1.29, 1.82) is 5.26 Å². The van der Waals surface area contributed by atoms with Gasteiger partial charge in [-0.2, -0.15) is 5.26 Å². The lowest BCUT2D eigenvalue weighted by molar-refractivity contribution is 0.581. The first-order valence-corrected chi connectivity index (χ1v) is 4.72. The molecule has 2 atom stereocenters. The van der Waals surface area contributed by atoms with Crippen LogP contribution in [0.3, 0.4) is 0 Å². The summed E-state index contributed by atoms with van der Waals surface area (Å²) in [6, 6.07) is 2.12. The molecule has 0 heterocycles. The van der Waals surface area contributed by atoms with Gasteiger partial charge in [-0.25, -0.2) is 0 Å². The summed E-state index contributed by atoms with van der Waals surface area (Å²) >= 11 is 5.80. The molecule has 2 heteroatoms. The Bertz CT molecular complexity index is 303. The van der Waals surface area contributed by atoms with Crippen molar-refractivity contribution in [1.82, 2.24) is 0 Å². The smallest absolute Gasteiger partial charge is 0.0944 e. The fourth-order valence-electron chi connectivity index (χ4n) is 1.97. The van der Waals surface area contributed by atoms with Gasteiger partial charge in [-0.1, -0.05) is 38.1 Å². The monoisotopic (exact) mass is 195 g/mol. The Morgan fingerprint density at radius 1 is 1.62 bits per heavy atom. The zero-order chi connectivity index (χ0) is 10.2. The third-order valence-corrected chi connectivity index (χ3v) is 2.96. The molecule has 1 fully saturated rings. The highest BCUT2D eigenvalue weighted by atomic mass is 35.5. The minimum Gasteiger partial charge on any atom is -0.193 e. The second-order valence-corrected chi connectivity index (χ2v) is 4.81. The van der Waals surface area contributed by atoms with E-state index in [0.717, 1.165) is 5.03 Å². The van der Waals surface area contributed by atoms with E-state index in [1.54, 1.807) is 0 Å². The van der Waals surface area contributed by atoms with Gasteiger partial charge in [-0.15, -0.1) is 0 Å². The van der Waals surface area contributed by atoms with Gasteiger partial charge in [0.2, 0.25) is 0 Å². The second-order valence-electron chi connectivity index (χ2n) is 4.22. The van der Waals surface area contributed by atoms with Crippen LogP contribution in [0.4, 0.5) is 0 Å². The van der Waals surface area contributed by atoms with Crippen LogP contribution in [-0.4, -0.2) is 0 Å². The van der Waals surface area contributed by atoms with Gasteiger partial charge in [0, 0.05) is 16.5 Å². The van der Waals surface area contributed by atoms with E-state index in [2.05, 4.69) is 26.5 Å². The topological polar surface area (TPSA) is 23.8 Å². The maximum absolute atomic E-state index is 8.73. The normalized spacial score (nSPS) is 30.8. The molecule has 0 aromatic rings. The summed E-state index contributed by atoms with van der Waals surface area (Å²) < 4.78 is 0. The predicted molar refractivity (Wildman–Crippen MR) is 55.1 cm³/mol. The molecule has 0 amide bonds. The van der Waals surface area contributed by atoms with E-state index in [4.69, 9.17) is 16.9 Å². The quantitative estimate of drug-likeness (QED) is 0.619. The first-order chi connectivity index (χ1) is 5.91. The minimum absolute atomic E-state index is 0.156. The lowest BCUT2D eigenvalue weighted by atomic mass is 10.1. The van der Waals surface area contributed by atoms with Crippen molar-refractivity contribution in [2.45, 2.75) is 20.8 Å².